The van der Waals surface area contributed by atoms with E-state index in [1.54, 1.807) is 18.7 Å². The van der Waals surface area contributed by atoms with Crippen LogP contribution in [0.5, 0.6) is 0 Å². The van der Waals surface area contributed by atoms with Gasteiger partial charge in [0.15, 0.2) is 0 Å². The minimum absolute atomic E-state index is 0.0955. The Balaban J connectivity index is 2.90. The van der Waals surface area contributed by atoms with Crippen LogP contribution in [-0.2, 0) is 0 Å². The molecule has 0 bridgehead atoms. The summed E-state index contributed by atoms with van der Waals surface area (Å²) >= 11 is 1.61. The first-order valence-electron chi connectivity index (χ1n) is 6.37. The van der Waals surface area contributed by atoms with Crippen LogP contribution in [0.25, 0.3) is 0 Å². The number of nitrogens with zero attached hydrogens (tertiary/aromatic N) is 1. The number of thioether (sulfide) groups is 1. The molecule has 1 rings (SSSR count). The Hall–Kier alpha value is -0.850. The quantitative estimate of drug-likeness (QED) is 0.731. The lowest BCUT2D eigenvalue weighted by Gasteiger charge is -2.25. The summed E-state index contributed by atoms with van der Waals surface area (Å²) in [6.45, 7) is 7.69. The first-order valence-corrected chi connectivity index (χ1v) is 7.66. The van der Waals surface area contributed by atoms with Crippen molar-refractivity contribution >= 4 is 11.8 Å². The highest BCUT2D eigenvalue weighted by Crippen LogP contribution is 2.16. The van der Waals surface area contributed by atoms with E-state index in [4.69, 9.17) is 0 Å². The lowest BCUT2D eigenvalue weighted by Crippen LogP contribution is -2.40. The van der Waals surface area contributed by atoms with Gasteiger partial charge in [-0.3, -0.25) is 4.79 Å². The van der Waals surface area contributed by atoms with Crippen LogP contribution in [0.2, 0.25) is 0 Å². The molecule has 3 N–H and O–H groups in total. The molecule has 0 aliphatic rings. The number of hydrogen-bond donors (Lipinski definition) is 3. The van der Waals surface area contributed by atoms with Gasteiger partial charge in [0.25, 0.3) is 5.56 Å². The maximum atomic E-state index is 12.0. The van der Waals surface area contributed by atoms with Crippen molar-refractivity contribution in [2.24, 2.45) is 0 Å². The molecule has 0 radical (unpaired) electrons. The molecule has 3 atom stereocenters. The second kappa shape index (κ2) is 7.07. The first-order chi connectivity index (χ1) is 8.90. The number of aliphatic hydroxyl groups is 1. The topological polar surface area (TPSA) is 78.0 Å². The predicted molar refractivity (Wildman–Crippen MR) is 79.7 cm³/mol. The normalized spacial score (nSPS) is 16.1. The number of rotatable bonds is 6. The lowest BCUT2D eigenvalue weighted by atomic mass is 10.1. The van der Waals surface area contributed by atoms with Gasteiger partial charge in [0.05, 0.1) is 12.2 Å². The Bertz CT molecular complexity index is 471. The summed E-state index contributed by atoms with van der Waals surface area (Å²) in [5, 5.41) is 12.8. The summed E-state index contributed by atoms with van der Waals surface area (Å²) in [7, 11) is 0. The van der Waals surface area contributed by atoms with Crippen LogP contribution < -0.4 is 10.9 Å². The molecule has 1 heterocycles. The molecule has 0 spiro atoms. The highest BCUT2D eigenvalue weighted by molar-refractivity contribution is 7.99. The Labute approximate surface area is 118 Å². The second-order valence-electron chi connectivity index (χ2n) is 4.78. The van der Waals surface area contributed by atoms with Gasteiger partial charge in [0.2, 0.25) is 0 Å². The summed E-state index contributed by atoms with van der Waals surface area (Å²) in [6, 6.07) is 0.00292. The number of aromatic amines is 1. The van der Waals surface area contributed by atoms with Gasteiger partial charge in [-0.1, -0.05) is 0 Å². The van der Waals surface area contributed by atoms with Gasteiger partial charge >= 0.3 is 0 Å². The largest absolute Gasteiger partial charge is 0.395 e. The SMILES string of the molecule is CSC(CO)C(C)NC(C)c1c(C)nc(C)[nH]c1=O. The Morgan fingerprint density at radius 3 is 2.53 bits per heavy atom. The van der Waals surface area contributed by atoms with E-state index in [2.05, 4.69) is 15.3 Å². The van der Waals surface area contributed by atoms with Crippen molar-refractivity contribution in [3.63, 3.8) is 0 Å². The van der Waals surface area contributed by atoms with Crippen molar-refractivity contribution in [3.05, 3.63) is 27.4 Å². The molecular formula is C13H23N3O2S. The number of H-pyrrole nitrogens is 1. The van der Waals surface area contributed by atoms with Crippen molar-refractivity contribution in [2.45, 2.75) is 45.0 Å². The van der Waals surface area contributed by atoms with Crippen molar-refractivity contribution in [1.29, 1.82) is 0 Å². The first kappa shape index (κ1) is 16.2. The number of nitrogens with one attached hydrogen (secondary N) is 2. The van der Waals surface area contributed by atoms with E-state index in [9.17, 15) is 9.90 Å². The van der Waals surface area contributed by atoms with Crippen LogP contribution in [0.1, 0.15) is 37.0 Å². The molecule has 0 aliphatic carbocycles. The zero-order valence-electron chi connectivity index (χ0n) is 12.2. The van der Waals surface area contributed by atoms with E-state index in [-0.39, 0.29) is 29.5 Å². The number of aromatic nitrogens is 2. The third-order valence-corrected chi connectivity index (χ3v) is 4.41. The molecular weight excluding hydrogens is 262 g/mol. The van der Waals surface area contributed by atoms with Crippen LogP contribution >= 0.6 is 11.8 Å². The molecule has 3 unspecified atom stereocenters. The van der Waals surface area contributed by atoms with Gasteiger partial charge in [-0.2, -0.15) is 11.8 Å². The fraction of sp³-hybridized carbons (Fsp3) is 0.692. The Kier molecular flexibility index (Phi) is 6.03. The average molecular weight is 285 g/mol. The average Bonchev–Trinajstić information content (AvgIpc) is 2.28. The molecule has 1 aromatic heterocycles. The van der Waals surface area contributed by atoms with E-state index >= 15 is 0 Å². The maximum absolute atomic E-state index is 12.0. The summed E-state index contributed by atoms with van der Waals surface area (Å²) in [4.78, 5) is 19.0. The molecule has 0 fully saturated rings. The van der Waals surface area contributed by atoms with Crippen LogP contribution in [-0.4, -0.2) is 39.2 Å². The van der Waals surface area contributed by atoms with Crippen LogP contribution in [0.3, 0.4) is 0 Å². The van der Waals surface area contributed by atoms with Crippen molar-refractivity contribution in [2.75, 3.05) is 12.9 Å². The smallest absolute Gasteiger partial charge is 0.255 e. The lowest BCUT2D eigenvalue weighted by molar-refractivity contribution is 0.271. The van der Waals surface area contributed by atoms with E-state index in [1.165, 1.54) is 0 Å². The van der Waals surface area contributed by atoms with E-state index in [1.807, 2.05) is 27.0 Å². The molecule has 0 saturated carbocycles. The van der Waals surface area contributed by atoms with Gasteiger partial charge in [-0.25, -0.2) is 4.98 Å². The predicted octanol–water partition coefficient (Wildman–Crippen LogP) is 1.15. The highest BCUT2D eigenvalue weighted by atomic mass is 32.2. The number of aryl methyl sites for hydroxylation is 2. The molecule has 19 heavy (non-hydrogen) atoms. The Morgan fingerprint density at radius 2 is 2.05 bits per heavy atom. The summed E-state index contributed by atoms with van der Waals surface area (Å²) < 4.78 is 0. The standard InChI is InChI=1S/C13H23N3O2S/c1-7(11(6-17)19-5)14-8(2)12-9(3)15-10(4)16-13(12)18/h7-8,11,14,17H,6H2,1-5H3,(H,15,16,18). The van der Waals surface area contributed by atoms with E-state index in [0.29, 0.717) is 11.4 Å². The summed E-state index contributed by atoms with van der Waals surface area (Å²) in [5.41, 5.74) is 1.32. The van der Waals surface area contributed by atoms with Gasteiger partial charge in [-0.05, 0) is 34.0 Å². The molecule has 6 heteroatoms. The Morgan fingerprint density at radius 1 is 1.42 bits per heavy atom. The van der Waals surface area contributed by atoms with Gasteiger partial charge < -0.3 is 15.4 Å². The van der Waals surface area contributed by atoms with E-state index < -0.39 is 0 Å². The summed E-state index contributed by atoms with van der Waals surface area (Å²) in [5.74, 6) is 0.629. The fourth-order valence-corrected chi connectivity index (χ4v) is 2.90. The molecule has 108 valence electrons. The number of hydrogen-bond acceptors (Lipinski definition) is 5. The highest BCUT2D eigenvalue weighted by Gasteiger charge is 2.21. The monoisotopic (exact) mass is 285 g/mol. The van der Waals surface area contributed by atoms with E-state index in [0.717, 1.165) is 5.69 Å². The molecule has 0 aromatic carbocycles. The molecule has 5 nitrogen and oxygen atoms in total. The third-order valence-electron chi connectivity index (χ3n) is 3.25. The molecule has 1 aromatic rings. The van der Waals surface area contributed by atoms with Gasteiger partial charge in [-0.15, -0.1) is 0 Å². The van der Waals surface area contributed by atoms with Crippen molar-refractivity contribution in [3.8, 4) is 0 Å². The second-order valence-corrected chi connectivity index (χ2v) is 5.86. The molecule has 0 amide bonds. The molecule has 0 aliphatic heterocycles. The maximum Gasteiger partial charge on any atom is 0.255 e. The minimum atomic E-state index is -0.104. The minimum Gasteiger partial charge on any atom is -0.395 e. The van der Waals surface area contributed by atoms with Gasteiger partial charge in [0, 0.05) is 23.0 Å². The molecule has 0 saturated heterocycles. The van der Waals surface area contributed by atoms with Crippen LogP contribution in [0.15, 0.2) is 4.79 Å². The zero-order valence-corrected chi connectivity index (χ0v) is 13.0. The third kappa shape index (κ3) is 4.06. The van der Waals surface area contributed by atoms with Crippen molar-refractivity contribution in [1.82, 2.24) is 15.3 Å². The van der Waals surface area contributed by atoms with Gasteiger partial charge in [0.1, 0.15) is 5.82 Å². The summed E-state index contributed by atoms with van der Waals surface area (Å²) in [6.07, 6.45) is 1.97. The zero-order chi connectivity index (χ0) is 14.6. The van der Waals surface area contributed by atoms with Crippen molar-refractivity contribution < 1.29 is 5.11 Å². The van der Waals surface area contributed by atoms with Crippen LogP contribution in [0, 0.1) is 13.8 Å². The number of aliphatic hydroxyl groups excluding tert-OH is 1. The fourth-order valence-electron chi connectivity index (χ4n) is 2.27. The van der Waals surface area contributed by atoms with Crippen LogP contribution in [0.4, 0.5) is 0 Å².